The van der Waals surface area contributed by atoms with Gasteiger partial charge in [-0.1, -0.05) is 12.1 Å². The molecule has 2 rings (SSSR count). The van der Waals surface area contributed by atoms with E-state index in [2.05, 4.69) is 48.9 Å². The molecule has 1 heterocycles. The first-order valence-corrected chi connectivity index (χ1v) is 10.7. The molecule has 1 aromatic carbocycles. The molecule has 7 nitrogen and oxygen atoms in total. The Morgan fingerprint density at radius 3 is 2.33 bits per heavy atom. The van der Waals surface area contributed by atoms with Crippen LogP contribution < -0.4 is 5.32 Å². The number of urea groups is 1. The summed E-state index contributed by atoms with van der Waals surface area (Å²) in [5.41, 5.74) is 1.47. The van der Waals surface area contributed by atoms with E-state index in [1.807, 2.05) is 31.1 Å². The molecule has 1 N–H and O–H groups in total. The van der Waals surface area contributed by atoms with Gasteiger partial charge in [0.25, 0.3) is 0 Å². The minimum Gasteiger partial charge on any atom is -0.373 e. The molecule has 166 valence electrons. The third-order valence-electron chi connectivity index (χ3n) is 5.51. The lowest BCUT2D eigenvalue weighted by Crippen LogP contribution is -2.59. The lowest BCUT2D eigenvalue weighted by Gasteiger charge is -2.45. The second kappa shape index (κ2) is 10.8. The fourth-order valence-electron chi connectivity index (χ4n) is 3.67. The second-order valence-corrected chi connectivity index (χ2v) is 9.17. The highest BCUT2D eigenvalue weighted by Crippen LogP contribution is 2.20. The molecule has 2 atom stereocenters. The summed E-state index contributed by atoms with van der Waals surface area (Å²) in [7, 11) is 4.00. The number of hydrogen-bond acceptors (Lipinski definition) is 5. The lowest BCUT2D eigenvalue weighted by molar-refractivity contribution is -0.0948. The Balaban J connectivity index is 2.00. The molecule has 1 fully saturated rings. The van der Waals surface area contributed by atoms with Crippen LogP contribution in [-0.2, 0) is 11.3 Å². The molecule has 0 aliphatic carbocycles. The van der Waals surface area contributed by atoms with Gasteiger partial charge in [-0.05, 0) is 59.5 Å². The SMILES string of the molecule is CC1CN(C(C)(C)CNC(=O)N(CCN(C)C)Cc2ccc(C#N)cc2)CC(C)O1. The van der Waals surface area contributed by atoms with E-state index in [0.717, 1.165) is 25.2 Å². The van der Waals surface area contributed by atoms with Crippen molar-refractivity contribution >= 4 is 6.03 Å². The van der Waals surface area contributed by atoms with Crippen LogP contribution in [0.1, 0.15) is 38.8 Å². The molecule has 0 spiro atoms. The Morgan fingerprint density at radius 1 is 1.20 bits per heavy atom. The quantitative estimate of drug-likeness (QED) is 0.706. The number of morpholine rings is 1. The molecule has 1 aromatic rings. The summed E-state index contributed by atoms with van der Waals surface area (Å²) in [6, 6.07) is 9.47. The molecular weight excluding hydrogens is 378 g/mol. The topological polar surface area (TPSA) is 71.8 Å². The van der Waals surface area contributed by atoms with Crippen LogP contribution in [0.25, 0.3) is 0 Å². The number of carbonyl (C=O) groups excluding carboxylic acids is 1. The zero-order chi connectivity index (χ0) is 22.3. The summed E-state index contributed by atoms with van der Waals surface area (Å²) in [6.07, 6.45) is 0.383. The van der Waals surface area contributed by atoms with E-state index in [1.54, 1.807) is 12.1 Å². The second-order valence-electron chi connectivity index (χ2n) is 9.17. The predicted octanol–water partition coefficient (Wildman–Crippen LogP) is 2.52. The van der Waals surface area contributed by atoms with Crippen LogP contribution in [0.15, 0.2) is 24.3 Å². The van der Waals surface area contributed by atoms with Gasteiger partial charge < -0.3 is 19.9 Å². The number of ether oxygens (including phenoxy) is 1. The molecule has 7 heteroatoms. The molecule has 1 aliphatic rings. The molecule has 1 aliphatic heterocycles. The highest BCUT2D eigenvalue weighted by molar-refractivity contribution is 5.74. The number of nitrogens with zero attached hydrogens (tertiary/aromatic N) is 4. The number of amides is 2. The van der Waals surface area contributed by atoms with Crippen molar-refractivity contribution in [3.05, 3.63) is 35.4 Å². The summed E-state index contributed by atoms with van der Waals surface area (Å²) in [6.45, 7) is 12.7. The maximum Gasteiger partial charge on any atom is 0.317 e. The zero-order valence-electron chi connectivity index (χ0n) is 19.3. The molecule has 1 saturated heterocycles. The zero-order valence-corrected chi connectivity index (χ0v) is 19.3. The van der Waals surface area contributed by atoms with Crippen molar-refractivity contribution < 1.29 is 9.53 Å². The third kappa shape index (κ3) is 7.28. The highest BCUT2D eigenvalue weighted by atomic mass is 16.5. The first kappa shape index (κ1) is 24.1. The van der Waals surface area contributed by atoms with Gasteiger partial charge in [0.15, 0.2) is 0 Å². The average Bonchev–Trinajstić information content (AvgIpc) is 2.69. The van der Waals surface area contributed by atoms with Crippen LogP contribution in [-0.4, -0.2) is 85.3 Å². The minimum absolute atomic E-state index is 0.0661. The van der Waals surface area contributed by atoms with Crippen molar-refractivity contribution in [2.45, 2.75) is 52.0 Å². The van der Waals surface area contributed by atoms with E-state index < -0.39 is 0 Å². The van der Waals surface area contributed by atoms with Crippen molar-refractivity contribution in [1.29, 1.82) is 5.26 Å². The van der Waals surface area contributed by atoms with Gasteiger partial charge in [0.05, 0.1) is 23.8 Å². The number of nitrogens with one attached hydrogen (secondary N) is 1. The maximum atomic E-state index is 13.0. The number of carbonyl (C=O) groups is 1. The van der Waals surface area contributed by atoms with E-state index in [9.17, 15) is 4.79 Å². The largest absolute Gasteiger partial charge is 0.373 e. The Labute approximate surface area is 181 Å². The molecule has 30 heavy (non-hydrogen) atoms. The van der Waals surface area contributed by atoms with Crippen LogP contribution in [0, 0.1) is 11.3 Å². The number of hydrogen-bond donors (Lipinski definition) is 1. The van der Waals surface area contributed by atoms with E-state index >= 15 is 0 Å². The monoisotopic (exact) mass is 415 g/mol. The van der Waals surface area contributed by atoms with E-state index in [0.29, 0.717) is 25.2 Å². The first-order valence-electron chi connectivity index (χ1n) is 10.7. The molecule has 0 aromatic heterocycles. The fraction of sp³-hybridized carbons (Fsp3) is 0.652. The summed E-state index contributed by atoms with van der Waals surface area (Å²) in [4.78, 5) is 19.3. The van der Waals surface area contributed by atoms with Gasteiger partial charge >= 0.3 is 6.03 Å². The average molecular weight is 416 g/mol. The van der Waals surface area contributed by atoms with Crippen molar-refractivity contribution in [3.63, 3.8) is 0 Å². The molecule has 0 saturated carbocycles. The first-order chi connectivity index (χ1) is 14.1. The normalized spacial score (nSPS) is 20.1. The molecule has 2 unspecified atom stereocenters. The number of nitriles is 1. The smallest absolute Gasteiger partial charge is 0.317 e. The standard InChI is InChI=1S/C23H37N5O2/c1-18-14-28(15-19(2)30-18)23(3,4)17-25-22(29)27(12-11-26(5)6)16-21-9-7-20(13-24)8-10-21/h7-10,18-19H,11-12,14-17H2,1-6H3,(H,25,29). The third-order valence-corrected chi connectivity index (χ3v) is 5.51. The molecular formula is C23H37N5O2. The lowest BCUT2D eigenvalue weighted by atomic mass is 10.00. The van der Waals surface area contributed by atoms with Crippen LogP contribution >= 0.6 is 0 Å². The Kier molecular flexibility index (Phi) is 8.65. The van der Waals surface area contributed by atoms with E-state index in [4.69, 9.17) is 10.00 Å². The van der Waals surface area contributed by atoms with E-state index in [-0.39, 0.29) is 23.8 Å². The van der Waals surface area contributed by atoms with Gasteiger partial charge in [0, 0.05) is 44.8 Å². The van der Waals surface area contributed by atoms with Crippen molar-refractivity contribution in [2.75, 3.05) is 46.8 Å². The van der Waals surface area contributed by atoms with Crippen molar-refractivity contribution in [3.8, 4) is 6.07 Å². The predicted molar refractivity (Wildman–Crippen MR) is 119 cm³/mol. The highest BCUT2D eigenvalue weighted by Gasteiger charge is 2.33. The Bertz CT molecular complexity index is 716. The van der Waals surface area contributed by atoms with Crippen LogP contribution in [0.5, 0.6) is 0 Å². The Morgan fingerprint density at radius 2 is 1.80 bits per heavy atom. The summed E-state index contributed by atoms with van der Waals surface area (Å²) >= 11 is 0. The molecule has 2 amide bonds. The Hall–Kier alpha value is -2.14. The maximum absolute atomic E-state index is 13.0. The summed E-state index contributed by atoms with van der Waals surface area (Å²) in [5.74, 6) is 0. The minimum atomic E-state index is -0.163. The fourth-order valence-corrected chi connectivity index (χ4v) is 3.67. The summed E-state index contributed by atoms with van der Waals surface area (Å²) in [5, 5.41) is 12.1. The van der Waals surface area contributed by atoms with E-state index in [1.165, 1.54) is 0 Å². The summed E-state index contributed by atoms with van der Waals surface area (Å²) < 4.78 is 5.85. The van der Waals surface area contributed by atoms with Crippen molar-refractivity contribution in [1.82, 2.24) is 20.0 Å². The van der Waals surface area contributed by atoms with Gasteiger partial charge in [-0.15, -0.1) is 0 Å². The van der Waals surface area contributed by atoms with Crippen LogP contribution in [0.2, 0.25) is 0 Å². The number of rotatable bonds is 8. The van der Waals surface area contributed by atoms with Crippen LogP contribution in [0.4, 0.5) is 4.79 Å². The van der Waals surface area contributed by atoms with Gasteiger partial charge in [0.1, 0.15) is 0 Å². The number of likely N-dealkylation sites (N-methyl/N-ethyl adjacent to an activating group) is 1. The van der Waals surface area contributed by atoms with Gasteiger partial charge in [-0.3, -0.25) is 4.90 Å². The van der Waals surface area contributed by atoms with Gasteiger partial charge in [0.2, 0.25) is 0 Å². The molecule has 0 radical (unpaired) electrons. The van der Waals surface area contributed by atoms with Crippen molar-refractivity contribution in [2.24, 2.45) is 0 Å². The van der Waals surface area contributed by atoms with Gasteiger partial charge in [-0.2, -0.15) is 5.26 Å². The number of benzene rings is 1. The van der Waals surface area contributed by atoms with Crippen LogP contribution in [0.3, 0.4) is 0 Å². The van der Waals surface area contributed by atoms with Gasteiger partial charge in [-0.25, -0.2) is 4.79 Å². The molecule has 0 bridgehead atoms.